The summed E-state index contributed by atoms with van der Waals surface area (Å²) in [6.45, 7) is 2.01. The second kappa shape index (κ2) is 9.10. The number of benzene rings is 2. The first kappa shape index (κ1) is 22.4. The Morgan fingerprint density at radius 1 is 1.03 bits per heavy atom. The molecule has 2 aromatic carbocycles. The molecule has 1 aliphatic carbocycles. The fraction of sp³-hybridized carbons (Fsp3) is 0.269. The van der Waals surface area contributed by atoms with E-state index in [9.17, 15) is 12.8 Å². The minimum atomic E-state index is -4.16. The SMILES string of the molecule is Cc1ccn2c(NC3CCCCC3)c(-c3ccccc3OS(=O)(=O)c3ccc(F)cc3)nc2c1. The Kier molecular flexibility index (Phi) is 6.00. The van der Waals surface area contributed by atoms with Gasteiger partial charge in [-0.25, -0.2) is 9.37 Å². The van der Waals surface area contributed by atoms with Crippen molar-refractivity contribution in [1.29, 1.82) is 0 Å². The van der Waals surface area contributed by atoms with Gasteiger partial charge in [0, 0.05) is 17.8 Å². The van der Waals surface area contributed by atoms with Gasteiger partial charge in [-0.3, -0.25) is 4.40 Å². The van der Waals surface area contributed by atoms with Gasteiger partial charge in [0.25, 0.3) is 0 Å². The third-order valence-electron chi connectivity index (χ3n) is 6.17. The molecule has 0 bridgehead atoms. The van der Waals surface area contributed by atoms with E-state index in [0.29, 0.717) is 17.3 Å². The number of hydrogen-bond acceptors (Lipinski definition) is 5. The van der Waals surface area contributed by atoms with Gasteiger partial charge in [-0.1, -0.05) is 31.4 Å². The molecule has 0 unspecified atom stereocenters. The Morgan fingerprint density at radius 3 is 2.53 bits per heavy atom. The number of nitrogens with one attached hydrogen (secondary N) is 1. The van der Waals surface area contributed by atoms with Crippen molar-refractivity contribution in [3.8, 4) is 17.0 Å². The van der Waals surface area contributed by atoms with E-state index < -0.39 is 15.9 Å². The summed E-state index contributed by atoms with van der Waals surface area (Å²) in [6, 6.07) is 15.9. The van der Waals surface area contributed by atoms with E-state index in [4.69, 9.17) is 9.17 Å². The van der Waals surface area contributed by atoms with E-state index >= 15 is 0 Å². The van der Waals surface area contributed by atoms with Crippen molar-refractivity contribution in [1.82, 2.24) is 9.38 Å². The largest absolute Gasteiger partial charge is 0.378 e. The lowest BCUT2D eigenvalue weighted by atomic mass is 9.95. The van der Waals surface area contributed by atoms with Crippen molar-refractivity contribution in [3.05, 3.63) is 78.2 Å². The molecule has 1 saturated carbocycles. The number of imidazole rings is 1. The molecule has 0 aliphatic heterocycles. The molecule has 0 saturated heterocycles. The number of halogens is 1. The van der Waals surface area contributed by atoms with Crippen LogP contribution in [-0.4, -0.2) is 23.8 Å². The van der Waals surface area contributed by atoms with Crippen LogP contribution in [0, 0.1) is 12.7 Å². The molecule has 0 spiro atoms. The van der Waals surface area contributed by atoms with E-state index in [0.717, 1.165) is 42.0 Å². The summed E-state index contributed by atoms with van der Waals surface area (Å²) in [5.74, 6) is 0.466. The summed E-state index contributed by atoms with van der Waals surface area (Å²) in [6.07, 6.45) is 7.74. The van der Waals surface area contributed by atoms with Crippen LogP contribution < -0.4 is 9.50 Å². The molecule has 176 valence electrons. The molecule has 1 aliphatic rings. The Bertz CT molecular complexity index is 1430. The molecule has 8 heteroatoms. The van der Waals surface area contributed by atoms with Gasteiger partial charge in [0.05, 0.1) is 0 Å². The second-order valence-electron chi connectivity index (χ2n) is 8.71. The van der Waals surface area contributed by atoms with Crippen LogP contribution >= 0.6 is 0 Å². The summed E-state index contributed by atoms with van der Waals surface area (Å²) < 4.78 is 46.7. The molecule has 1 N–H and O–H groups in total. The zero-order valence-electron chi connectivity index (χ0n) is 18.9. The van der Waals surface area contributed by atoms with Crippen molar-refractivity contribution >= 4 is 21.6 Å². The molecule has 2 aromatic heterocycles. The molecule has 2 heterocycles. The summed E-state index contributed by atoms with van der Waals surface area (Å²) >= 11 is 0. The van der Waals surface area contributed by atoms with Crippen LogP contribution in [0.1, 0.15) is 37.7 Å². The quantitative estimate of drug-likeness (QED) is 0.346. The molecule has 5 rings (SSSR count). The number of aryl methyl sites for hydroxylation is 1. The van der Waals surface area contributed by atoms with Gasteiger partial charge in [-0.2, -0.15) is 8.42 Å². The predicted octanol–water partition coefficient (Wildman–Crippen LogP) is 5.96. The highest BCUT2D eigenvalue weighted by Crippen LogP contribution is 2.37. The maximum atomic E-state index is 13.3. The molecule has 0 radical (unpaired) electrons. The van der Waals surface area contributed by atoms with Crippen molar-refractivity contribution < 1.29 is 17.0 Å². The van der Waals surface area contributed by atoms with Crippen LogP contribution in [0.15, 0.2) is 71.8 Å². The first-order chi connectivity index (χ1) is 16.4. The average molecular weight is 480 g/mol. The standard InChI is InChI=1S/C26H26FN3O3S/c1-18-15-16-30-24(17-18)29-25(26(30)28-20-7-3-2-4-8-20)22-9-5-6-10-23(22)33-34(31,32)21-13-11-19(27)12-14-21/h5-6,9-17,20,28H,2-4,7-8H2,1H3. The van der Waals surface area contributed by atoms with Gasteiger partial charge in [0.1, 0.15) is 27.9 Å². The second-order valence-corrected chi connectivity index (χ2v) is 10.3. The number of anilines is 1. The van der Waals surface area contributed by atoms with E-state index in [1.165, 1.54) is 31.4 Å². The van der Waals surface area contributed by atoms with Gasteiger partial charge in [0.15, 0.2) is 5.75 Å². The molecule has 4 aromatic rings. The lowest BCUT2D eigenvalue weighted by Crippen LogP contribution is -2.23. The number of hydrogen-bond donors (Lipinski definition) is 1. The number of rotatable bonds is 6. The molecule has 0 amide bonds. The van der Waals surface area contributed by atoms with Crippen LogP contribution in [-0.2, 0) is 10.1 Å². The highest BCUT2D eigenvalue weighted by Gasteiger charge is 2.24. The normalized spacial score (nSPS) is 14.9. The van der Waals surface area contributed by atoms with Crippen molar-refractivity contribution in [2.75, 3.05) is 5.32 Å². The average Bonchev–Trinajstić information content (AvgIpc) is 3.17. The summed E-state index contributed by atoms with van der Waals surface area (Å²) in [5.41, 5.74) is 3.04. The van der Waals surface area contributed by atoms with Gasteiger partial charge in [-0.05, 0) is 73.9 Å². The predicted molar refractivity (Wildman–Crippen MR) is 130 cm³/mol. The van der Waals surface area contributed by atoms with Crippen molar-refractivity contribution in [3.63, 3.8) is 0 Å². The van der Waals surface area contributed by atoms with E-state index in [1.807, 2.05) is 35.7 Å². The zero-order valence-corrected chi connectivity index (χ0v) is 19.7. The summed E-state index contributed by atoms with van der Waals surface area (Å²) in [4.78, 5) is 4.74. The number of para-hydroxylation sites is 1. The number of fused-ring (bicyclic) bond motifs is 1. The monoisotopic (exact) mass is 479 g/mol. The minimum Gasteiger partial charge on any atom is -0.378 e. The van der Waals surface area contributed by atoms with Crippen LogP contribution in [0.5, 0.6) is 5.75 Å². The molecule has 0 atom stereocenters. The highest BCUT2D eigenvalue weighted by atomic mass is 32.2. The Hall–Kier alpha value is -3.39. The fourth-order valence-electron chi connectivity index (χ4n) is 4.42. The van der Waals surface area contributed by atoms with Gasteiger partial charge >= 0.3 is 10.1 Å². The number of nitrogens with zero attached hydrogens (tertiary/aromatic N) is 2. The lowest BCUT2D eigenvalue weighted by Gasteiger charge is -2.24. The lowest BCUT2D eigenvalue weighted by molar-refractivity contribution is 0.461. The Morgan fingerprint density at radius 2 is 1.76 bits per heavy atom. The maximum absolute atomic E-state index is 13.3. The zero-order chi connectivity index (χ0) is 23.7. The molecular formula is C26H26FN3O3S. The van der Waals surface area contributed by atoms with E-state index in [1.54, 1.807) is 18.2 Å². The van der Waals surface area contributed by atoms with Crippen LogP contribution in [0.25, 0.3) is 16.9 Å². The highest BCUT2D eigenvalue weighted by molar-refractivity contribution is 7.87. The third kappa shape index (κ3) is 4.50. The van der Waals surface area contributed by atoms with Crippen molar-refractivity contribution in [2.24, 2.45) is 0 Å². The Balaban J connectivity index is 1.59. The molecule has 1 fully saturated rings. The minimum absolute atomic E-state index is 0.116. The summed E-state index contributed by atoms with van der Waals surface area (Å²) in [7, 11) is -4.16. The number of pyridine rings is 1. The van der Waals surface area contributed by atoms with Crippen molar-refractivity contribution in [2.45, 2.75) is 50.0 Å². The van der Waals surface area contributed by atoms with Crippen LogP contribution in [0.4, 0.5) is 10.2 Å². The maximum Gasteiger partial charge on any atom is 0.339 e. The first-order valence-electron chi connectivity index (χ1n) is 11.5. The Labute approximate surface area is 198 Å². The molecule has 34 heavy (non-hydrogen) atoms. The fourth-order valence-corrected chi connectivity index (χ4v) is 5.36. The van der Waals surface area contributed by atoms with Gasteiger partial charge in [0.2, 0.25) is 0 Å². The molecule has 6 nitrogen and oxygen atoms in total. The molecular weight excluding hydrogens is 453 g/mol. The number of aromatic nitrogens is 2. The van der Waals surface area contributed by atoms with Gasteiger partial charge < -0.3 is 9.50 Å². The smallest absolute Gasteiger partial charge is 0.339 e. The van der Waals surface area contributed by atoms with Crippen LogP contribution in [0.3, 0.4) is 0 Å². The topological polar surface area (TPSA) is 72.7 Å². The van der Waals surface area contributed by atoms with E-state index in [2.05, 4.69) is 5.32 Å². The van der Waals surface area contributed by atoms with Gasteiger partial charge in [-0.15, -0.1) is 0 Å². The van der Waals surface area contributed by atoms with Crippen LogP contribution in [0.2, 0.25) is 0 Å². The van der Waals surface area contributed by atoms with E-state index in [-0.39, 0.29) is 10.6 Å². The summed E-state index contributed by atoms with van der Waals surface area (Å²) in [5, 5.41) is 3.67. The third-order valence-corrected chi connectivity index (χ3v) is 7.42. The first-order valence-corrected chi connectivity index (χ1v) is 12.9.